The molecule has 2 unspecified atom stereocenters. The standard InChI is InChI=1S/C16H26N2O2/c1-9(2)14(15(17)20)18-10(3)6-11-12(18)7-16(4,5)8-13(11)19/h6,9,13-14,19H,7-8H2,1-5H3,(H2,17,20). The monoisotopic (exact) mass is 278 g/mol. The summed E-state index contributed by atoms with van der Waals surface area (Å²) >= 11 is 0. The fraction of sp³-hybridized carbons (Fsp3) is 0.688. The third-order valence-corrected chi connectivity index (χ3v) is 4.32. The topological polar surface area (TPSA) is 68.2 Å². The number of carbonyl (C=O) groups excluding carboxylic acids is 1. The molecule has 0 radical (unpaired) electrons. The zero-order valence-electron chi connectivity index (χ0n) is 13.1. The minimum Gasteiger partial charge on any atom is -0.388 e. The van der Waals surface area contributed by atoms with Crippen molar-refractivity contribution in [3.63, 3.8) is 0 Å². The summed E-state index contributed by atoms with van der Waals surface area (Å²) in [5.41, 5.74) is 8.69. The van der Waals surface area contributed by atoms with Crippen LogP contribution in [-0.4, -0.2) is 15.6 Å². The van der Waals surface area contributed by atoms with E-state index in [-0.39, 0.29) is 23.3 Å². The van der Waals surface area contributed by atoms with Gasteiger partial charge in [0.15, 0.2) is 0 Å². The number of aryl methyl sites for hydroxylation is 1. The van der Waals surface area contributed by atoms with Gasteiger partial charge in [-0.05, 0) is 37.2 Å². The van der Waals surface area contributed by atoms with Crippen LogP contribution in [0.15, 0.2) is 6.07 Å². The molecule has 112 valence electrons. The number of hydrogen-bond donors (Lipinski definition) is 2. The molecule has 1 aromatic heterocycles. The van der Waals surface area contributed by atoms with Gasteiger partial charge in [-0.2, -0.15) is 0 Å². The summed E-state index contributed by atoms with van der Waals surface area (Å²) < 4.78 is 2.05. The summed E-state index contributed by atoms with van der Waals surface area (Å²) in [6.45, 7) is 10.3. The molecule has 0 saturated carbocycles. The van der Waals surface area contributed by atoms with Crippen molar-refractivity contribution in [1.29, 1.82) is 0 Å². The summed E-state index contributed by atoms with van der Waals surface area (Å²) in [6, 6.07) is 1.66. The lowest BCUT2D eigenvalue weighted by atomic mass is 9.75. The molecule has 1 heterocycles. The van der Waals surface area contributed by atoms with Crippen molar-refractivity contribution in [2.24, 2.45) is 17.1 Å². The van der Waals surface area contributed by atoms with Crippen LogP contribution in [0, 0.1) is 18.3 Å². The van der Waals surface area contributed by atoms with Crippen molar-refractivity contribution in [2.75, 3.05) is 0 Å². The molecule has 2 rings (SSSR count). The average molecular weight is 278 g/mol. The second-order valence-corrected chi connectivity index (χ2v) is 7.21. The number of aliphatic hydroxyl groups excluding tert-OH is 1. The predicted molar refractivity (Wildman–Crippen MR) is 79.3 cm³/mol. The molecule has 0 fully saturated rings. The molecule has 0 aromatic carbocycles. The zero-order valence-corrected chi connectivity index (χ0v) is 13.1. The van der Waals surface area contributed by atoms with Gasteiger partial charge < -0.3 is 15.4 Å². The maximum Gasteiger partial charge on any atom is 0.240 e. The highest BCUT2D eigenvalue weighted by molar-refractivity contribution is 5.79. The third kappa shape index (κ3) is 2.49. The Hall–Kier alpha value is -1.29. The minimum absolute atomic E-state index is 0.0358. The number of fused-ring (bicyclic) bond motifs is 1. The van der Waals surface area contributed by atoms with Crippen molar-refractivity contribution >= 4 is 5.91 Å². The lowest BCUT2D eigenvalue weighted by Gasteiger charge is -2.35. The lowest BCUT2D eigenvalue weighted by molar-refractivity contribution is -0.122. The lowest BCUT2D eigenvalue weighted by Crippen LogP contribution is -2.34. The molecule has 1 aliphatic rings. The van der Waals surface area contributed by atoms with Crippen LogP contribution in [0.25, 0.3) is 0 Å². The van der Waals surface area contributed by atoms with E-state index >= 15 is 0 Å². The molecule has 1 amide bonds. The van der Waals surface area contributed by atoms with Gasteiger partial charge in [-0.15, -0.1) is 0 Å². The fourth-order valence-electron chi connectivity index (χ4n) is 3.51. The molecule has 20 heavy (non-hydrogen) atoms. The van der Waals surface area contributed by atoms with Crippen LogP contribution >= 0.6 is 0 Å². The van der Waals surface area contributed by atoms with E-state index in [1.807, 2.05) is 31.4 Å². The second kappa shape index (κ2) is 4.92. The molecule has 4 heteroatoms. The van der Waals surface area contributed by atoms with Crippen LogP contribution in [0.1, 0.15) is 63.2 Å². The third-order valence-electron chi connectivity index (χ3n) is 4.32. The van der Waals surface area contributed by atoms with Gasteiger partial charge in [-0.3, -0.25) is 4.79 Å². The SMILES string of the molecule is Cc1cc2c(n1C(C(N)=O)C(C)C)CC(C)(C)CC2O. The number of hydrogen-bond acceptors (Lipinski definition) is 2. The zero-order chi connectivity index (χ0) is 15.2. The molecular formula is C16H26N2O2. The van der Waals surface area contributed by atoms with Gasteiger partial charge in [0, 0.05) is 17.0 Å². The van der Waals surface area contributed by atoms with Gasteiger partial charge >= 0.3 is 0 Å². The van der Waals surface area contributed by atoms with E-state index in [0.29, 0.717) is 0 Å². The Morgan fingerprint density at radius 2 is 2.10 bits per heavy atom. The van der Waals surface area contributed by atoms with Gasteiger partial charge in [0.2, 0.25) is 5.91 Å². The highest BCUT2D eigenvalue weighted by Crippen LogP contribution is 2.43. The molecule has 1 aliphatic carbocycles. The number of nitrogens with zero attached hydrogens (tertiary/aromatic N) is 1. The Morgan fingerprint density at radius 1 is 1.50 bits per heavy atom. The number of carbonyl (C=O) groups is 1. The maximum absolute atomic E-state index is 11.9. The molecule has 1 aromatic rings. The van der Waals surface area contributed by atoms with Crippen LogP contribution in [-0.2, 0) is 11.2 Å². The first-order valence-corrected chi connectivity index (χ1v) is 7.32. The number of nitrogens with two attached hydrogens (primary N) is 1. The van der Waals surface area contributed by atoms with E-state index in [9.17, 15) is 9.90 Å². The van der Waals surface area contributed by atoms with Crippen LogP contribution in [0.5, 0.6) is 0 Å². The van der Waals surface area contributed by atoms with Crippen LogP contribution in [0.4, 0.5) is 0 Å². The van der Waals surface area contributed by atoms with Gasteiger partial charge in [0.25, 0.3) is 0 Å². The second-order valence-electron chi connectivity index (χ2n) is 7.21. The Labute approximate surface area is 121 Å². The summed E-state index contributed by atoms with van der Waals surface area (Å²) in [5.74, 6) is -0.177. The van der Waals surface area contributed by atoms with Crippen molar-refractivity contribution in [3.05, 3.63) is 23.0 Å². The Bertz CT molecular complexity index is 529. The molecule has 4 nitrogen and oxygen atoms in total. The van der Waals surface area contributed by atoms with E-state index in [0.717, 1.165) is 29.8 Å². The van der Waals surface area contributed by atoms with E-state index in [1.165, 1.54) is 0 Å². The number of primary amides is 1. The Kier molecular flexibility index (Phi) is 3.71. The first-order valence-electron chi connectivity index (χ1n) is 7.32. The van der Waals surface area contributed by atoms with Crippen LogP contribution in [0.3, 0.4) is 0 Å². The minimum atomic E-state index is -0.450. The number of aromatic nitrogens is 1. The fourth-order valence-corrected chi connectivity index (χ4v) is 3.51. The summed E-state index contributed by atoms with van der Waals surface area (Å²) in [4.78, 5) is 11.9. The van der Waals surface area contributed by atoms with E-state index in [2.05, 4.69) is 13.8 Å². The number of rotatable bonds is 3. The number of aliphatic hydroxyl groups is 1. The Morgan fingerprint density at radius 3 is 2.60 bits per heavy atom. The van der Waals surface area contributed by atoms with Crippen molar-refractivity contribution in [3.8, 4) is 0 Å². The molecule has 0 spiro atoms. The summed E-state index contributed by atoms with van der Waals surface area (Å²) in [7, 11) is 0. The molecule has 0 saturated heterocycles. The van der Waals surface area contributed by atoms with Gasteiger partial charge in [0.05, 0.1) is 6.10 Å². The highest BCUT2D eigenvalue weighted by Gasteiger charge is 2.36. The van der Waals surface area contributed by atoms with E-state index in [1.54, 1.807) is 0 Å². The Balaban J connectivity index is 2.59. The predicted octanol–water partition coefficient (Wildman–Crippen LogP) is 2.48. The van der Waals surface area contributed by atoms with Crippen LogP contribution < -0.4 is 5.73 Å². The smallest absolute Gasteiger partial charge is 0.240 e. The normalized spacial score (nSPS) is 22.6. The molecule has 0 aliphatic heterocycles. The largest absolute Gasteiger partial charge is 0.388 e. The van der Waals surface area contributed by atoms with Crippen LogP contribution in [0.2, 0.25) is 0 Å². The number of amides is 1. The van der Waals surface area contributed by atoms with Crippen molar-refractivity contribution in [1.82, 2.24) is 4.57 Å². The molecule has 3 N–H and O–H groups in total. The quantitative estimate of drug-likeness (QED) is 0.892. The maximum atomic E-state index is 11.9. The average Bonchev–Trinajstić information content (AvgIpc) is 2.55. The first-order chi connectivity index (χ1) is 9.14. The summed E-state index contributed by atoms with van der Waals surface area (Å²) in [5, 5.41) is 10.4. The molecular weight excluding hydrogens is 252 g/mol. The van der Waals surface area contributed by atoms with Crippen molar-refractivity contribution in [2.45, 2.75) is 59.6 Å². The van der Waals surface area contributed by atoms with Crippen molar-refractivity contribution < 1.29 is 9.90 Å². The molecule has 2 atom stereocenters. The highest BCUT2D eigenvalue weighted by atomic mass is 16.3. The van der Waals surface area contributed by atoms with E-state index < -0.39 is 6.10 Å². The van der Waals surface area contributed by atoms with Gasteiger partial charge in [0.1, 0.15) is 6.04 Å². The molecule has 0 bridgehead atoms. The first kappa shape index (κ1) is 15.1. The van der Waals surface area contributed by atoms with E-state index in [4.69, 9.17) is 5.73 Å². The summed E-state index contributed by atoms with van der Waals surface area (Å²) in [6.07, 6.45) is 1.17. The van der Waals surface area contributed by atoms with Gasteiger partial charge in [-0.1, -0.05) is 27.7 Å². The van der Waals surface area contributed by atoms with Gasteiger partial charge in [-0.25, -0.2) is 0 Å².